The predicted octanol–water partition coefficient (Wildman–Crippen LogP) is 3.92. The summed E-state index contributed by atoms with van der Waals surface area (Å²) >= 11 is 3.33. The van der Waals surface area contributed by atoms with E-state index >= 15 is 0 Å². The Kier molecular flexibility index (Phi) is 4.25. The first-order valence-corrected chi connectivity index (χ1v) is 7.94. The molecule has 0 bridgehead atoms. The number of nitrogens with zero attached hydrogens (tertiary/aromatic N) is 2. The average molecular weight is 360 g/mol. The minimum atomic E-state index is -0.533. The van der Waals surface area contributed by atoms with E-state index in [9.17, 15) is 10.1 Å². The molecule has 0 spiro atoms. The zero-order valence-corrected chi connectivity index (χ0v) is 13.4. The number of hydrogen-bond donors (Lipinski definition) is 1. The molecular formula is C16H14BrN3O2. The maximum absolute atomic E-state index is 12.5. The van der Waals surface area contributed by atoms with Crippen LogP contribution in [0.15, 0.2) is 28.7 Å². The average Bonchev–Trinajstić information content (AvgIpc) is 3.17. The number of nitrogens with one attached hydrogen (secondary N) is 1. The van der Waals surface area contributed by atoms with Crippen LogP contribution in [0, 0.1) is 11.3 Å². The van der Waals surface area contributed by atoms with E-state index in [1.807, 2.05) is 6.07 Å². The van der Waals surface area contributed by atoms with Gasteiger partial charge in [-0.2, -0.15) is 10.4 Å². The predicted molar refractivity (Wildman–Crippen MR) is 83.6 cm³/mol. The van der Waals surface area contributed by atoms with Gasteiger partial charge in [0.2, 0.25) is 0 Å². The Balaban J connectivity index is 1.89. The van der Waals surface area contributed by atoms with Crippen LogP contribution in [0.3, 0.4) is 0 Å². The third-order valence-electron chi connectivity index (χ3n) is 3.89. The van der Waals surface area contributed by atoms with Crippen molar-refractivity contribution in [2.75, 3.05) is 0 Å². The van der Waals surface area contributed by atoms with E-state index in [0.29, 0.717) is 5.75 Å². The van der Waals surface area contributed by atoms with Crippen LogP contribution in [0.1, 0.15) is 53.3 Å². The third-order valence-corrected chi connectivity index (χ3v) is 4.42. The first-order chi connectivity index (χ1) is 10.7. The number of hydrogen-bond acceptors (Lipinski definition) is 4. The van der Waals surface area contributed by atoms with Crippen LogP contribution in [0.25, 0.3) is 0 Å². The van der Waals surface area contributed by atoms with Gasteiger partial charge in [0.1, 0.15) is 17.4 Å². The lowest BCUT2D eigenvalue weighted by molar-refractivity contribution is 0.0733. The van der Waals surface area contributed by atoms with Crippen molar-refractivity contribution in [3.05, 3.63) is 45.7 Å². The van der Waals surface area contributed by atoms with Crippen molar-refractivity contribution in [2.24, 2.45) is 0 Å². The molecule has 1 fully saturated rings. The number of nitriles is 1. The second-order valence-electron chi connectivity index (χ2n) is 5.30. The fourth-order valence-electron chi connectivity index (χ4n) is 2.81. The zero-order chi connectivity index (χ0) is 15.5. The van der Waals surface area contributed by atoms with Crippen molar-refractivity contribution >= 4 is 21.9 Å². The van der Waals surface area contributed by atoms with Crippen molar-refractivity contribution in [3.63, 3.8) is 0 Å². The summed E-state index contributed by atoms with van der Waals surface area (Å²) in [6, 6.07) is 8.95. The molecule has 0 aliphatic heterocycles. The summed E-state index contributed by atoms with van der Waals surface area (Å²) in [5.41, 5.74) is 1.11. The van der Waals surface area contributed by atoms with Gasteiger partial charge < -0.3 is 4.74 Å². The monoisotopic (exact) mass is 359 g/mol. The number of esters is 1. The molecule has 1 heterocycles. The van der Waals surface area contributed by atoms with Crippen molar-refractivity contribution in [2.45, 2.75) is 31.6 Å². The van der Waals surface area contributed by atoms with E-state index in [4.69, 9.17) is 4.74 Å². The minimum absolute atomic E-state index is 0.101. The van der Waals surface area contributed by atoms with Gasteiger partial charge in [-0.3, -0.25) is 5.10 Å². The summed E-state index contributed by atoms with van der Waals surface area (Å²) < 4.78 is 6.29. The van der Waals surface area contributed by atoms with Gasteiger partial charge in [-0.05, 0) is 37.1 Å². The van der Waals surface area contributed by atoms with Crippen LogP contribution >= 0.6 is 15.9 Å². The molecule has 1 N–H and O–H groups in total. The van der Waals surface area contributed by atoms with Crippen molar-refractivity contribution in [1.82, 2.24) is 10.2 Å². The van der Waals surface area contributed by atoms with Gasteiger partial charge in [0.25, 0.3) is 0 Å². The summed E-state index contributed by atoms with van der Waals surface area (Å²) in [6.45, 7) is 0. The molecule has 0 atom stereocenters. The number of carbonyl (C=O) groups excluding carboxylic acids is 1. The van der Waals surface area contributed by atoms with Crippen molar-refractivity contribution in [1.29, 1.82) is 5.26 Å². The van der Waals surface area contributed by atoms with Crippen LogP contribution in [-0.4, -0.2) is 16.2 Å². The van der Waals surface area contributed by atoms with Gasteiger partial charge in [-0.1, -0.05) is 28.8 Å². The van der Waals surface area contributed by atoms with Crippen molar-refractivity contribution < 1.29 is 9.53 Å². The highest BCUT2D eigenvalue weighted by Crippen LogP contribution is 2.35. The number of benzene rings is 1. The van der Waals surface area contributed by atoms with Gasteiger partial charge in [0.15, 0.2) is 5.69 Å². The number of carbonyl (C=O) groups is 1. The lowest BCUT2D eigenvalue weighted by atomic mass is 9.99. The summed E-state index contributed by atoms with van der Waals surface area (Å²) in [6.07, 6.45) is 4.27. The number of aromatic amines is 1. The van der Waals surface area contributed by atoms with Gasteiger partial charge >= 0.3 is 5.97 Å². The highest BCUT2D eigenvalue weighted by atomic mass is 79.9. The maximum atomic E-state index is 12.5. The fourth-order valence-corrected chi connectivity index (χ4v) is 3.08. The molecule has 1 aliphatic rings. The quantitative estimate of drug-likeness (QED) is 0.665. The molecule has 2 aromatic rings. The second kappa shape index (κ2) is 6.32. The van der Waals surface area contributed by atoms with E-state index < -0.39 is 5.97 Å². The van der Waals surface area contributed by atoms with E-state index in [1.54, 1.807) is 24.3 Å². The molecule has 1 aliphatic carbocycles. The Morgan fingerprint density at radius 1 is 1.32 bits per heavy atom. The van der Waals surface area contributed by atoms with Gasteiger partial charge in [-0.25, -0.2) is 4.79 Å². The molecule has 0 saturated heterocycles. The normalized spacial score (nSPS) is 14.7. The van der Waals surface area contributed by atoms with E-state index in [-0.39, 0.29) is 17.2 Å². The third kappa shape index (κ3) is 2.90. The highest BCUT2D eigenvalue weighted by Gasteiger charge is 2.29. The Bertz CT molecular complexity index is 725. The summed E-state index contributed by atoms with van der Waals surface area (Å²) in [5, 5.41) is 16.0. The first kappa shape index (κ1) is 14.8. The summed E-state index contributed by atoms with van der Waals surface area (Å²) in [7, 11) is 0. The van der Waals surface area contributed by atoms with E-state index in [0.717, 1.165) is 35.8 Å². The molecule has 22 heavy (non-hydrogen) atoms. The Morgan fingerprint density at radius 2 is 2.00 bits per heavy atom. The van der Waals surface area contributed by atoms with Crippen LogP contribution in [-0.2, 0) is 0 Å². The number of rotatable bonds is 3. The number of H-pyrrole nitrogens is 1. The minimum Gasteiger partial charge on any atom is -0.423 e. The first-order valence-electron chi connectivity index (χ1n) is 7.15. The molecule has 0 amide bonds. The molecule has 3 rings (SSSR count). The summed E-state index contributed by atoms with van der Waals surface area (Å²) in [5.74, 6) is 0.159. The van der Waals surface area contributed by atoms with Crippen LogP contribution in [0.4, 0.5) is 0 Å². The lowest BCUT2D eigenvalue weighted by Gasteiger charge is -2.09. The molecule has 1 aromatic heterocycles. The summed E-state index contributed by atoms with van der Waals surface area (Å²) in [4.78, 5) is 12.5. The van der Waals surface area contributed by atoms with Crippen LogP contribution < -0.4 is 4.74 Å². The second-order valence-corrected chi connectivity index (χ2v) is 6.21. The standard InChI is InChI=1S/C16H14BrN3O2/c17-11-5-7-12(8-6-11)22-16(21)14-13(9-18)19-20-15(14)10-3-1-2-4-10/h5-8,10H,1-4H2,(H,19,20). The Hall–Kier alpha value is -2.13. The van der Waals surface area contributed by atoms with E-state index in [1.165, 1.54) is 0 Å². The Morgan fingerprint density at radius 3 is 2.64 bits per heavy atom. The lowest BCUT2D eigenvalue weighted by Crippen LogP contribution is -2.13. The molecular weight excluding hydrogens is 346 g/mol. The molecule has 112 valence electrons. The largest absolute Gasteiger partial charge is 0.423 e. The SMILES string of the molecule is N#Cc1n[nH]c(C2CCCC2)c1C(=O)Oc1ccc(Br)cc1. The topological polar surface area (TPSA) is 78.8 Å². The number of halogens is 1. The smallest absolute Gasteiger partial charge is 0.348 e. The van der Waals surface area contributed by atoms with Crippen LogP contribution in [0.5, 0.6) is 5.75 Å². The fraction of sp³-hybridized carbons (Fsp3) is 0.312. The van der Waals surface area contributed by atoms with E-state index in [2.05, 4.69) is 26.1 Å². The molecule has 0 radical (unpaired) electrons. The van der Waals surface area contributed by atoms with Gasteiger partial charge in [-0.15, -0.1) is 0 Å². The maximum Gasteiger partial charge on any atom is 0.348 e. The molecule has 5 nitrogen and oxygen atoms in total. The van der Waals surface area contributed by atoms with Crippen LogP contribution in [0.2, 0.25) is 0 Å². The zero-order valence-electron chi connectivity index (χ0n) is 11.8. The van der Waals surface area contributed by atoms with Gasteiger partial charge in [0, 0.05) is 10.4 Å². The van der Waals surface area contributed by atoms with Gasteiger partial charge in [0.05, 0.1) is 5.69 Å². The molecule has 0 unspecified atom stereocenters. The van der Waals surface area contributed by atoms with Crippen molar-refractivity contribution in [3.8, 4) is 11.8 Å². The molecule has 1 aromatic carbocycles. The number of ether oxygens (including phenoxy) is 1. The number of aromatic nitrogens is 2. The molecule has 6 heteroatoms. The molecule has 1 saturated carbocycles. The highest BCUT2D eigenvalue weighted by molar-refractivity contribution is 9.10. The Labute approximate surface area is 136 Å².